The molecule has 0 amide bonds. The Morgan fingerprint density at radius 2 is 0.967 bits per heavy atom. The molecule has 0 aromatic carbocycles. The summed E-state index contributed by atoms with van der Waals surface area (Å²) in [5.74, 6) is -0.716. The molecule has 2 saturated carbocycles. The topological polar surface area (TPSA) is 120 Å². The number of ketones is 2. The summed E-state index contributed by atoms with van der Waals surface area (Å²) in [4.78, 5) is 49.8. The molecule has 164 valence electrons. The van der Waals surface area contributed by atoms with Crippen molar-refractivity contribution < 1.29 is 19.4 Å². The fourth-order valence-corrected chi connectivity index (χ4v) is 5.37. The minimum Gasteiger partial charge on any atom is -0.289 e. The van der Waals surface area contributed by atoms with Crippen LogP contribution in [0.15, 0.2) is 22.3 Å². The highest BCUT2D eigenvalue weighted by molar-refractivity contribution is 6.24. The summed E-state index contributed by atoms with van der Waals surface area (Å²) < 4.78 is 0. The fraction of sp³-hybridized carbons (Fsp3) is 0.727. The van der Waals surface area contributed by atoms with Crippen molar-refractivity contribution in [1.29, 1.82) is 0 Å². The van der Waals surface area contributed by atoms with Gasteiger partial charge in [0.25, 0.3) is 0 Å². The molecule has 8 heteroatoms. The molecule has 0 aromatic heterocycles. The van der Waals surface area contributed by atoms with E-state index in [4.69, 9.17) is 0 Å². The number of carbonyl (C=O) groups excluding carboxylic acids is 2. The van der Waals surface area contributed by atoms with Crippen LogP contribution in [0.4, 0.5) is 0 Å². The summed E-state index contributed by atoms with van der Waals surface area (Å²) in [6.45, 7) is 3.13. The van der Waals surface area contributed by atoms with Gasteiger partial charge in [0, 0.05) is 70.7 Å². The van der Waals surface area contributed by atoms with E-state index in [0.29, 0.717) is 62.5 Å². The Kier molecular flexibility index (Phi) is 6.24. The number of rotatable bonds is 6. The van der Waals surface area contributed by atoms with Crippen molar-refractivity contribution in [1.82, 2.24) is 0 Å². The van der Waals surface area contributed by atoms with Crippen LogP contribution >= 0.6 is 0 Å². The second-order valence-corrected chi connectivity index (χ2v) is 9.30. The third-order valence-electron chi connectivity index (χ3n) is 7.51. The largest absolute Gasteiger partial charge is 0.289 e. The van der Waals surface area contributed by atoms with Crippen molar-refractivity contribution >= 4 is 11.6 Å². The van der Waals surface area contributed by atoms with Crippen LogP contribution in [0.5, 0.6) is 0 Å². The second kappa shape index (κ2) is 8.40. The zero-order valence-corrected chi connectivity index (χ0v) is 17.8. The lowest BCUT2D eigenvalue weighted by Crippen LogP contribution is -2.44. The van der Waals surface area contributed by atoms with Crippen molar-refractivity contribution in [3.63, 3.8) is 0 Å². The first-order valence-electron chi connectivity index (χ1n) is 10.9. The number of allylic oxidation sites excluding steroid dienone is 2. The summed E-state index contributed by atoms with van der Waals surface area (Å²) in [5.41, 5.74) is -1.65. The summed E-state index contributed by atoms with van der Waals surface area (Å²) in [7, 11) is 0. The van der Waals surface area contributed by atoms with E-state index in [0.717, 1.165) is 12.8 Å². The van der Waals surface area contributed by atoms with Crippen LogP contribution in [0.2, 0.25) is 0 Å². The van der Waals surface area contributed by atoms with Crippen LogP contribution in [0.25, 0.3) is 0 Å². The number of nitrogens with zero attached hydrogens (tertiary/aromatic N) is 2. The third-order valence-corrected chi connectivity index (χ3v) is 7.51. The highest BCUT2D eigenvalue weighted by atomic mass is 16.6. The van der Waals surface area contributed by atoms with Gasteiger partial charge in [-0.1, -0.05) is 12.8 Å². The van der Waals surface area contributed by atoms with Gasteiger partial charge in [0.15, 0.2) is 11.6 Å². The summed E-state index contributed by atoms with van der Waals surface area (Å²) >= 11 is 0. The fourth-order valence-electron chi connectivity index (χ4n) is 5.37. The van der Waals surface area contributed by atoms with Gasteiger partial charge >= 0.3 is 0 Å². The quantitative estimate of drug-likeness (QED) is 0.355. The van der Waals surface area contributed by atoms with Gasteiger partial charge in [-0.05, 0) is 39.5 Å². The molecule has 0 N–H and O–H groups in total. The predicted molar refractivity (Wildman–Crippen MR) is 110 cm³/mol. The molecular formula is C22H30N2O6. The first-order chi connectivity index (χ1) is 14.1. The molecule has 0 aromatic rings. The van der Waals surface area contributed by atoms with Crippen molar-refractivity contribution in [3.8, 4) is 0 Å². The minimum atomic E-state index is -1.27. The first kappa shape index (κ1) is 22.3. The Labute approximate surface area is 176 Å². The van der Waals surface area contributed by atoms with E-state index in [2.05, 4.69) is 0 Å². The van der Waals surface area contributed by atoms with Gasteiger partial charge in [0.1, 0.15) is 0 Å². The maximum Gasteiger partial charge on any atom is 0.226 e. The van der Waals surface area contributed by atoms with Crippen LogP contribution < -0.4 is 0 Å². The number of carbonyl (C=O) groups is 2. The monoisotopic (exact) mass is 418 g/mol. The summed E-state index contributed by atoms with van der Waals surface area (Å²) in [6.07, 6.45) is 5.87. The molecular weight excluding hydrogens is 388 g/mol. The Hall–Kier alpha value is -2.38. The van der Waals surface area contributed by atoms with Gasteiger partial charge in [0.2, 0.25) is 11.1 Å². The van der Waals surface area contributed by atoms with E-state index in [1.807, 2.05) is 0 Å². The smallest absolute Gasteiger partial charge is 0.226 e. The number of hydrogen-bond donors (Lipinski definition) is 0. The zero-order chi connectivity index (χ0) is 22.1. The molecule has 3 aliphatic rings. The van der Waals surface area contributed by atoms with Crippen LogP contribution in [0.3, 0.4) is 0 Å². The maximum atomic E-state index is 13.2. The van der Waals surface area contributed by atoms with E-state index in [-0.39, 0.29) is 45.4 Å². The molecule has 3 aliphatic carbocycles. The van der Waals surface area contributed by atoms with Crippen LogP contribution in [0, 0.1) is 20.2 Å². The Bertz CT molecular complexity index is 774. The van der Waals surface area contributed by atoms with E-state index in [1.54, 1.807) is 13.8 Å². The Balaban J connectivity index is 2.08. The van der Waals surface area contributed by atoms with E-state index < -0.39 is 11.1 Å². The lowest BCUT2D eigenvalue weighted by Gasteiger charge is -2.34. The van der Waals surface area contributed by atoms with Gasteiger partial charge in [-0.15, -0.1) is 0 Å². The van der Waals surface area contributed by atoms with Crippen LogP contribution in [0.1, 0.15) is 90.9 Å². The van der Waals surface area contributed by atoms with Gasteiger partial charge in [-0.2, -0.15) is 0 Å². The number of hydrogen-bond acceptors (Lipinski definition) is 6. The molecule has 3 rings (SSSR count). The van der Waals surface area contributed by atoms with Gasteiger partial charge in [-0.25, -0.2) is 0 Å². The molecule has 0 heterocycles. The van der Waals surface area contributed by atoms with Crippen molar-refractivity contribution in [2.75, 3.05) is 0 Å². The number of Topliss-reactive ketones (excluding diaryl/α,β-unsaturated/α-hetero) is 2. The summed E-state index contributed by atoms with van der Waals surface area (Å²) in [6, 6.07) is 0. The second-order valence-electron chi connectivity index (χ2n) is 9.30. The normalized spacial score (nSPS) is 24.2. The molecule has 0 aliphatic heterocycles. The van der Waals surface area contributed by atoms with Gasteiger partial charge in [0.05, 0.1) is 0 Å². The molecule has 0 radical (unpaired) electrons. The molecule has 8 nitrogen and oxygen atoms in total. The molecule has 0 atom stereocenters. The third kappa shape index (κ3) is 3.84. The molecule has 0 spiro atoms. The molecule has 2 fully saturated rings. The highest BCUT2D eigenvalue weighted by Crippen LogP contribution is 2.43. The lowest BCUT2D eigenvalue weighted by molar-refractivity contribution is -0.575. The molecule has 0 unspecified atom stereocenters. The SMILES string of the molecule is CC1=C(C)C(=O)C(CC2([N+](=O)[O-])CCCCC2)=C(CC2([N+](=O)[O-])CCCCC2)C1=O. The van der Waals surface area contributed by atoms with Gasteiger partial charge in [-0.3, -0.25) is 29.8 Å². The molecule has 30 heavy (non-hydrogen) atoms. The number of nitro groups is 2. The molecule has 0 saturated heterocycles. The van der Waals surface area contributed by atoms with E-state index in [9.17, 15) is 29.8 Å². The maximum absolute atomic E-state index is 13.2. The zero-order valence-electron chi connectivity index (χ0n) is 17.8. The van der Waals surface area contributed by atoms with E-state index >= 15 is 0 Å². The Morgan fingerprint density at radius 1 is 0.667 bits per heavy atom. The Morgan fingerprint density at radius 3 is 1.23 bits per heavy atom. The standard InChI is InChI=1S/C22H30N2O6/c1-15-16(2)20(26)18(14-22(24(29)30)11-7-4-8-12-22)17(19(15)25)13-21(23(27)28)9-5-3-6-10-21/h3-14H2,1-2H3. The first-order valence-corrected chi connectivity index (χ1v) is 10.9. The lowest BCUT2D eigenvalue weighted by atomic mass is 9.70. The van der Waals surface area contributed by atoms with Gasteiger partial charge < -0.3 is 0 Å². The molecule has 0 bridgehead atoms. The summed E-state index contributed by atoms with van der Waals surface area (Å²) in [5, 5.41) is 24.0. The predicted octanol–water partition coefficient (Wildman–Crippen LogP) is 4.51. The average Bonchev–Trinajstić information content (AvgIpc) is 2.74. The van der Waals surface area contributed by atoms with Crippen LogP contribution in [-0.2, 0) is 9.59 Å². The highest BCUT2D eigenvalue weighted by Gasteiger charge is 2.50. The average molecular weight is 418 g/mol. The van der Waals surface area contributed by atoms with Crippen molar-refractivity contribution in [2.24, 2.45) is 0 Å². The van der Waals surface area contributed by atoms with Crippen molar-refractivity contribution in [3.05, 3.63) is 42.5 Å². The van der Waals surface area contributed by atoms with Crippen LogP contribution in [-0.4, -0.2) is 32.5 Å². The van der Waals surface area contributed by atoms with E-state index in [1.165, 1.54) is 0 Å². The van der Waals surface area contributed by atoms with Crippen molar-refractivity contribution in [2.45, 2.75) is 102 Å². The minimum absolute atomic E-state index is 0.113.